The number of aliphatic imine (C=N–C) groups is 1. The van der Waals surface area contributed by atoms with Gasteiger partial charge in [0.1, 0.15) is 11.5 Å². The highest BCUT2D eigenvalue weighted by atomic mass is 16.5. The number of rotatable bonds is 5. The first-order valence-electron chi connectivity index (χ1n) is 8.33. The minimum atomic E-state index is -0.0436. The van der Waals surface area contributed by atoms with Gasteiger partial charge in [0, 0.05) is 26.1 Å². The molecule has 0 atom stereocenters. The zero-order valence-corrected chi connectivity index (χ0v) is 16.0. The Hall–Kier alpha value is -2.50. The van der Waals surface area contributed by atoms with Crippen molar-refractivity contribution in [2.45, 2.75) is 39.3 Å². The fraction of sp³-hybridized carbons (Fsp3) is 0.474. The summed E-state index contributed by atoms with van der Waals surface area (Å²) in [6.45, 7) is 7.54. The highest BCUT2D eigenvalue weighted by Gasteiger charge is 2.19. The molecular formula is C19H28N4O2. The Morgan fingerprint density at radius 1 is 1.28 bits per heavy atom. The molecule has 1 aromatic heterocycles. The van der Waals surface area contributed by atoms with Crippen LogP contribution in [0, 0.1) is 0 Å². The van der Waals surface area contributed by atoms with Crippen LogP contribution in [0.15, 0.2) is 39.9 Å². The van der Waals surface area contributed by atoms with E-state index in [0.717, 1.165) is 24.0 Å². The lowest BCUT2D eigenvalue weighted by Crippen LogP contribution is -2.38. The molecule has 136 valence electrons. The average Bonchev–Trinajstić information content (AvgIpc) is 3.05. The van der Waals surface area contributed by atoms with Crippen molar-refractivity contribution in [3.8, 4) is 5.75 Å². The zero-order chi connectivity index (χ0) is 18.4. The van der Waals surface area contributed by atoms with E-state index in [1.54, 1.807) is 20.4 Å². The lowest BCUT2D eigenvalue weighted by molar-refractivity contribution is 0.376. The first-order chi connectivity index (χ1) is 11.8. The first-order valence-corrected chi connectivity index (χ1v) is 8.33. The number of ether oxygens (including phenoxy) is 1. The van der Waals surface area contributed by atoms with Crippen LogP contribution in [-0.2, 0) is 18.5 Å². The van der Waals surface area contributed by atoms with Crippen LogP contribution in [0.5, 0.6) is 5.75 Å². The number of methoxy groups -OCH3 is 1. The Balaban J connectivity index is 1.93. The van der Waals surface area contributed by atoms with Crippen molar-refractivity contribution in [3.05, 3.63) is 47.7 Å². The molecule has 2 rings (SSSR count). The van der Waals surface area contributed by atoms with Gasteiger partial charge in [-0.2, -0.15) is 0 Å². The number of benzene rings is 1. The van der Waals surface area contributed by atoms with E-state index in [0.29, 0.717) is 12.4 Å². The molecule has 0 saturated carbocycles. The molecule has 0 amide bonds. The Kier molecular flexibility index (Phi) is 6.07. The number of nitrogens with one attached hydrogen (secondary N) is 1. The van der Waals surface area contributed by atoms with E-state index >= 15 is 0 Å². The van der Waals surface area contributed by atoms with Crippen LogP contribution < -0.4 is 10.1 Å². The summed E-state index contributed by atoms with van der Waals surface area (Å²) in [7, 11) is 5.43. The van der Waals surface area contributed by atoms with Gasteiger partial charge in [0.25, 0.3) is 0 Å². The highest BCUT2D eigenvalue weighted by Crippen LogP contribution is 2.22. The maximum absolute atomic E-state index is 5.81. The summed E-state index contributed by atoms with van der Waals surface area (Å²) in [5, 5.41) is 3.29. The van der Waals surface area contributed by atoms with Crippen molar-refractivity contribution in [3.63, 3.8) is 0 Å². The van der Waals surface area contributed by atoms with Crippen LogP contribution in [0.4, 0.5) is 0 Å². The summed E-state index contributed by atoms with van der Waals surface area (Å²) in [5.74, 6) is 3.17. The molecule has 1 heterocycles. The van der Waals surface area contributed by atoms with Gasteiger partial charge in [0.15, 0.2) is 5.96 Å². The van der Waals surface area contributed by atoms with E-state index in [1.165, 1.54) is 5.56 Å². The molecular weight excluding hydrogens is 316 g/mol. The molecule has 1 N–H and O–H groups in total. The highest BCUT2D eigenvalue weighted by molar-refractivity contribution is 5.79. The Labute approximate surface area is 149 Å². The van der Waals surface area contributed by atoms with Gasteiger partial charge in [0.2, 0.25) is 5.89 Å². The minimum absolute atomic E-state index is 0.0436. The normalized spacial score (nSPS) is 12.2. The number of hydrogen-bond donors (Lipinski definition) is 1. The van der Waals surface area contributed by atoms with Gasteiger partial charge in [-0.05, 0) is 17.7 Å². The van der Waals surface area contributed by atoms with E-state index in [2.05, 4.69) is 41.0 Å². The van der Waals surface area contributed by atoms with Crippen molar-refractivity contribution in [2.24, 2.45) is 4.99 Å². The Bertz CT molecular complexity index is 699. The number of guanidine groups is 1. The van der Waals surface area contributed by atoms with Gasteiger partial charge in [0.05, 0.1) is 19.9 Å². The summed E-state index contributed by atoms with van der Waals surface area (Å²) >= 11 is 0. The summed E-state index contributed by atoms with van der Waals surface area (Å²) in [6, 6.07) is 8.01. The second-order valence-electron chi connectivity index (χ2n) is 6.97. The molecule has 0 aliphatic rings. The molecule has 0 saturated heterocycles. The summed E-state index contributed by atoms with van der Waals surface area (Å²) < 4.78 is 11.0. The van der Waals surface area contributed by atoms with Gasteiger partial charge < -0.3 is 19.4 Å². The topological polar surface area (TPSA) is 62.9 Å². The summed E-state index contributed by atoms with van der Waals surface area (Å²) in [6.07, 6.45) is 1.79. The lowest BCUT2D eigenvalue weighted by atomic mass is 9.94. The number of aromatic nitrogens is 1. The number of oxazole rings is 1. The predicted octanol–water partition coefficient (Wildman–Crippen LogP) is 3.19. The van der Waals surface area contributed by atoms with Crippen LogP contribution in [0.25, 0.3) is 0 Å². The van der Waals surface area contributed by atoms with Crippen LogP contribution >= 0.6 is 0 Å². The monoisotopic (exact) mass is 344 g/mol. The standard InChI is InChI=1S/C19H28N4O2/c1-19(2,3)16-11-21-17(25-16)12-22-18(20-4)23(5)13-14-7-9-15(24-6)10-8-14/h7-11H,12-13H2,1-6H3,(H,20,22). The van der Waals surface area contributed by atoms with Gasteiger partial charge in [-0.15, -0.1) is 0 Å². The molecule has 0 aliphatic heterocycles. The fourth-order valence-electron chi connectivity index (χ4n) is 2.36. The molecule has 1 aromatic carbocycles. The quantitative estimate of drug-likeness (QED) is 0.667. The molecule has 25 heavy (non-hydrogen) atoms. The van der Waals surface area contributed by atoms with Crippen LogP contribution in [0.3, 0.4) is 0 Å². The van der Waals surface area contributed by atoms with E-state index < -0.39 is 0 Å². The van der Waals surface area contributed by atoms with Crippen LogP contribution in [0.1, 0.15) is 38.0 Å². The average molecular weight is 344 g/mol. The maximum Gasteiger partial charge on any atom is 0.213 e. The zero-order valence-electron chi connectivity index (χ0n) is 16.0. The lowest BCUT2D eigenvalue weighted by Gasteiger charge is -2.21. The van der Waals surface area contributed by atoms with Crippen molar-refractivity contribution in [1.82, 2.24) is 15.2 Å². The van der Waals surface area contributed by atoms with Crippen molar-refractivity contribution in [1.29, 1.82) is 0 Å². The van der Waals surface area contributed by atoms with Gasteiger partial charge in [-0.1, -0.05) is 32.9 Å². The number of nitrogens with zero attached hydrogens (tertiary/aromatic N) is 3. The van der Waals surface area contributed by atoms with E-state index in [-0.39, 0.29) is 5.41 Å². The second kappa shape index (κ2) is 8.05. The fourth-order valence-corrected chi connectivity index (χ4v) is 2.36. The molecule has 0 bridgehead atoms. The SMILES string of the molecule is CN=C(NCc1ncc(C(C)(C)C)o1)N(C)Cc1ccc(OC)cc1. The van der Waals surface area contributed by atoms with E-state index in [1.807, 2.05) is 31.3 Å². The Morgan fingerprint density at radius 3 is 2.48 bits per heavy atom. The third-order valence-electron chi connectivity index (χ3n) is 3.84. The molecule has 2 aromatic rings. The smallest absolute Gasteiger partial charge is 0.213 e. The molecule has 0 spiro atoms. The van der Waals surface area contributed by atoms with Gasteiger partial charge in [-0.25, -0.2) is 4.98 Å². The third kappa shape index (κ3) is 5.24. The molecule has 0 unspecified atom stereocenters. The first kappa shape index (κ1) is 18.8. The van der Waals surface area contributed by atoms with E-state index in [4.69, 9.17) is 9.15 Å². The van der Waals surface area contributed by atoms with Crippen LogP contribution in [-0.4, -0.2) is 37.0 Å². The van der Waals surface area contributed by atoms with Crippen LogP contribution in [0.2, 0.25) is 0 Å². The summed E-state index contributed by atoms with van der Waals surface area (Å²) in [5.41, 5.74) is 1.13. The molecule has 6 nitrogen and oxygen atoms in total. The van der Waals surface area contributed by atoms with Gasteiger partial charge >= 0.3 is 0 Å². The van der Waals surface area contributed by atoms with Crippen molar-refractivity contribution in [2.75, 3.05) is 21.2 Å². The predicted molar refractivity (Wildman–Crippen MR) is 99.9 cm³/mol. The largest absolute Gasteiger partial charge is 0.497 e. The molecule has 6 heteroatoms. The molecule has 0 aliphatic carbocycles. The second-order valence-corrected chi connectivity index (χ2v) is 6.97. The maximum atomic E-state index is 5.81. The number of hydrogen-bond acceptors (Lipinski definition) is 4. The van der Waals surface area contributed by atoms with Gasteiger partial charge in [-0.3, -0.25) is 4.99 Å². The molecule has 0 radical (unpaired) electrons. The Morgan fingerprint density at radius 2 is 1.96 bits per heavy atom. The third-order valence-corrected chi connectivity index (χ3v) is 3.84. The van der Waals surface area contributed by atoms with Crippen molar-refractivity contribution >= 4 is 5.96 Å². The minimum Gasteiger partial charge on any atom is -0.497 e. The summed E-state index contributed by atoms with van der Waals surface area (Å²) in [4.78, 5) is 10.7. The van der Waals surface area contributed by atoms with E-state index in [9.17, 15) is 0 Å². The molecule has 0 fully saturated rings. The van der Waals surface area contributed by atoms with Crippen molar-refractivity contribution < 1.29 is 9.15 Å².